The highest BCUT2D eigenvalue weighted by Crippen LogP contribution is 2.28. The number of hydrogen-bond acceptors (Lipinski definition) is 1. The molecule has 0 heterocycles. The molecule has 0 radical (unpaired) electrons. The van der Waals surface area contributed by atoms with Crippen LogP contribution in [-0.2, 0) is 4.79 Å². The molecule has 0 fully saturated rings. The van der Waals surface area contributed by atoms with Gasteiger partial charge in [0.15, 0.2) is 0 Å². The first-order chi connectivity index (χ1) is 6.66. The lowest BCUT2D eigenvalue weighted by Crippen LogP contribution is -2.21. The van der Waals surface area contributed by atoms with Crippen molar-refractivity contribution in [2.75, 3.05) is 0 Å². The number of carboxylic acids is 1. The third-order valence-electron chi connectivity index (χ3n) is 2.26. The Morgan fingerprint density at radius 2 is 2.00 bits per heavy atom. The van der Waals surface area contributed by atoms with Crippen LogP contribution in [0.4, 0.5) is 0 Å². The zero-order valence-corrected chi connectivity index (χ0v) is 9.57. The molecule has 1 unspecified atom stereocenters. The molecule has 0 bridgehead atoms. The molecule has 0 saturated carbocycles. The Morgan fingerprint density at radius 3 is 2.43 bits per heavy atom. The van der Waals surface area contributed by atoms with Gasteiger partial charge in [-0.2, -0.15) is 0 Å². The number of carbonyl (C=O) groups is 1. The van der Waals surface area contributed by atoms with Gasteiger partial charge in [0, 0.05) is 5.92 Å². The van der Waals surface area contributed by atoms with Gasteiger partial charge in [-0.25, -0.2) is 0 Å². The minimum atomic E-state index is -0.805. The molecule has 1 N–H and O–H groups in total. The highest BCUT2D eigenvalue weighted by molar-refractivity contribution is 9.10. The molecule has 0 saturated heterocycles. The van der Waals surface area contributed by atoms with Gasteiger partial charge in [0.2, 0.25) is 0 Å². The maximum absolute atomic E-state index is 10.8. The summed E-state index contributed by atoms with van der Waals surface area (Å²) >= 11 is 3.21. The quantitative estimate of drug-likeness (QED) is 0.842. The molecule has 0 aliphatic carbocycles. The van der Waals surface area contributed by atoms with Crippen LogP contribution in [0.2, 0.25) is 0 Å². The highest BCUT2D eigenvalue weighted by atomic mass is 79.9. The summed E-state index contributed by atoms with van der Waals surface area (Å²) in [6, 6.07) is 9.72. The Bertz CT molecular complexity index is 297. The summed E-state index contributed by atoms with van der Waals surface area (Å²) in [5, 5.41) is 8.90. The molecule has 3 heteroatoms. The van der Waals surface area contributed by atoms with Gasteiger partial charge in [0.25, 0.3) is 0 Å². The first-order valence-corrected chi connectivity index (χ1v) is 5.50. The van der Waals surface area contributed by atoms with Crippen LogP contribution in [0.25, 0.3) is 0 Å². The summed E-state index contributed by atoms with van der Waals surface area (Å²) < 4.78 is 0. The fraction of sp³-hybridized carbons (Fsp3) is 0.364. The average Bonchev–Trinajstić information content (AvgIpc) is 2.20. The van der Waals surface area contributed by atoms with Crippen LogP contribution in [0.5, 0.6) is 0 Å². The van der Waals surface area contributed by atoms with Crippen LogP contribution in [-0.4, -0.2) is 15.9 Å². The fourth-order valence-electron chi connectivity index (χ4n) is 1.48. The van der Waals surface area contributed by atoms with Gasteiger partial charge >= 0.3 is 5.97 Å². The second kappa shape index (κ2) is 5.15. The lowest BCUT2D eigenvalue weighted by Gasteiger charge is -2.17. The van der Waals surface area contributed by atoms with Crippen molar-refractivity contribution >= 4 is 21.9 Å². The van der Waals surface area contributed by atoms with Crippen molar-refractivity contribution in [3.05, 3.63) is 35.9 Å². The number of halogens is 1. The number of rotatable bonds is 4. The first kappa shape index (κ1) is 11.2. The van der Waals surface area contributed by atoms with Gasteiger partial charge < -0.3 is 5.11 Å². The van der Waals surface area contributed by atoms with Crippen molar-refractivity contribution in [1.29, 1.82) is 0 Å². The van der Waals surface area contributed by atoms with E-state index in [0.29, 0.717) is 0 Å². The number of aliphatic carboxylic acids is 1. The molecule has 0 aliphatic heterocycles. The van der Waals surface area contributed by atoms with E-state index < -0.39 is 10.8 Å². The summed E-state index contributed by atoms with van der Waals surface area (Å²) in [6.45, 7) is 1.99. The van der Waals surface area contributed by atoms with E-state index in [1.807, 2.05) is 37.3 Å². The third-order valence-corrected chi connectivity index (χ3v) is 3.29. The molecule has 1 aromatic rings. The zero-order valence-electron chi connectivity index (χ0n) is 7.98. The topological polar surface area (TPSA) is 37.3 Å². The van der Waals surface area contributed by atoms with E-state index in [4.69, 9.17) is 5.11 Å². The number of benzene rings is 1. The second-order valence-electron chi connectivity index (χ2n) is 3.17. The normalized spacial score (nSPS) is 14.7. The second-order valence-corrected chi connectivity index (χ2v) is 4.15. The van der Waals surface area contributed by atoms with Crippen LogP contribution in [0.3, 0.4) is 0 Å². The molecule has 1 aromatic carbocycles. The lowest BCUT2D eigenvalue weighted by atomic mass is 9.93. The zero-order chi connectivity index (χ0) is 10.6. The molecule has 0 amide bonds. The summed E-state index contributed by atoms with van der Waals surface area (Å²) in [5.74, 6) is -0.769. The van der Waals surface area contributed by atoms with Gasteiger partial charge in [-0.1, -0.05) is 53.2 Å². The molecule has 2 atom stereocenters. The van der Waals surface area contributed by atoms with Crippen LogP contribution in [0.1, 0.15) is 24.8 Å². The summed E-state index contributed by atoms with van der Waals surface area (Å²) in [7, 11) is 0. The van der Waals surface area contributed by atoms with E-state index >= 15 is 0 Å². The van der Waals surface area contributed by atoms with E-state index in [2.05, 4.69) is 15.9 Å². The fourth-order valence-corrected chi connectivity index (χ4v) is 2.16. The summed E-state index contributed by atoms with van der Waals surface area (Å²) in [6.07, 6.45) is 0.812. The Kier molecular flexibility index (Phi) is 4.14. The first-order valence-electron chi connectivity index (χ1n) is 4.58. The van der Waals surface area contributed by atoms with Gasteiger partial charge in [-0.05, 0) is 12.0 Å². The number of carboxylic acid groups (broad SMARTS) is 1. The largest absolute Gasteiger partial charge is 0.480 e. The van der Waals surface area contributed by atoms with Gasteiger partial charge in [-0.3, -0.25) is 4.79 Å². The van der Waals surface area contributed by atoms with Crippen molar-refractivity contribution in [1.82, 2.24) is 0 Å². The standard InChI is InChI=1S/C11H13BrO2/c1-2-9(10(12)11(13)14)8-6-4-3-5-7-8/h3-7,9-10H,2H2,1H3,(H,13,14)/t9?,10-/m1/s1. The van der Waals surface area contributed by atoms with Gasteiger partial charge in [0.05, 0.1) is 0 Å². The van der Waals surface area contributed by atoms with E-state index in [1.54, 1.807) is 0 Å². The minimum absolute atomic E-state index is 0.0358. The average molecular weight is 257 g/mol. The minimum Gasteiger partial charge on any atom is -0.480 e. The molecule has 1 rings (SSSR count). The summed E-state index contributed by atoms with van der Waals surface area (Å²) in [4.78, 5) is 10.3. The van der Waals surface area contributed by atoms with Crippen LogP contribution >= 0.6 is 15.9 Å². The smallest absolute Gasteiger partial charge is 0.317 e. The molecule has 76 valence electrons. The van der Waals surface area contributed by atoms with E-state index in [0.717, 1.165) is 12.0 Å². The van der Waals surface area contributed by atoms with E-state index in [-0.39, 0.29) is 5.92 Å². The maximum Gasteiger partial charge on any atom is 0.317 e. The van der Waals surface area contributed by atoms with Crippen LogP contribution in [0, 0.1) is 0 Å². The highest BCUT2D eigenvalue weighted by Gasteiger charge is 2.24. The molecule has 2 nitrogen and oxygen atoms in total. The molecule has 0 aromatic heterocycles. The summed E-state index contributed by atoms with van der Waals surface area (Å²) in [5.41, 5.74) is 1.07. The monoisotopic (exact) mass is 256 g/mol. The number of hydrogen-bond donors (Lipinski definition) is 1. The molecule has 14 heavy (non-hydrogen) atoms. The predicted molar refractivity (Wildman–Crippen MR) is 59.8 cm³/mol. The van der Waals surface area contributed by atoms with Gasteiger partial charge in [0.1, 0.15) is 4.83 Å². The molecule has 0 aliphatic rings. The van der Waals surface area contributed by atoms with Crippen molar-refractivity contribution in [2.24, 2.45) is 0 Å². The van der Waals surface area contributed by atoms with Crippen LogP contribution in [0.15, 0.2) is 30.3 Å². The maximum atomic E-state index is 10.8. The van der Waals surface area contributed by atoms with E-state index in [1.165, 1.54) is 0 Å². The van der Waals surface area contributed by atoms with Crippen molar-refractivity contribution < 1.29 is 9.90 Å². The molecular weight excluding hydrogens is 244 g/mol. The third kappa shape index (κ3) is 2.58. The Labute approximate surface area is 92.1 Å². The van der Waals surface area contributed by atoms with E-state index in [9.17, 15) is 4.79 Å². The van der Waals surface area contributed by atoms with Crippen molar-refractivity contribution in [2.45, 2.75) is 24.1 Å². The lowest BCUT2D eigenvalue weighted by molar-refractivity contribution is -0.136. The number of alkyl halides is 1. The van der Waals surface area contributed by atoms with Crippen molar-refractivity contribution in [3.8, 4) is 0 Å². The SMILES string of the molecule is CCC(c1ccccc1)[C@@H](Br)C(=O)O. The van der Waals surface area contributed by atoms with Crippen LogP contribution < -0.4 is 0 Å². The Balaban J connectivity index is 2.87. The molecule has 0 spiro atoms. The Hall–Kier alpha value is -0.830. The molecular formula is C11H13BrO2. The van der Waals surface area contributed by atoms with Gasteiger partial charge in [-0.15, -0.1) is 0 Å². The van der Waals surface area contributed by atoms with Crippen molar-refractivity contribution in [3.63, 3.8) is 0 Å². The predicted octanol–water partition coefficient (Wildman–Crippen LogP) is 3.03. The Morgan fingerprint density at radius 1 is 1.43 bits per heavy atom.